The van der Waals surface area contributed by atoms with Crippen LogP contribution in [0, 0.1) is 0 Å². The molecule has 1 aliphatic carbocycles. The van der Waals surface area contributed by atoms with Crippen LogP contribution in [-0.2, 0) is 11.0 Å². The van der Waals surface area contributed by atoms with E-state index in [4.69, 9.17) is 0 Å². The number of benzene rings is 2. The molecule has 4 rings (SSSR count). The van der Waals surface area contributed by atoms with E-state index in [1.807, 2.05) is 18.2 Å². The Morgan fingerprint density at radius 3 is 2.55 bits per heavy atom. The van der Waals surface area contributed by atoms with Crippen molar-refractivity contribution in [2.75, 3.05) is 17.2 Å². The van der Waals surface area contributed by atoms with Gasteiger partial charge in [0.25, 0.3) is 0 Å². The Morgan fingerprint density at radius 2 is 1.86 bits per heavy atom. The highest BCUT2D eigenvalue weighted by Crippen LogP contribution is 2.36. The van der Waals surface area contributed by atoms with Gasteiger partial charge in [-0.1, -0.05) is 12.1 Å². The summed E-state index contributed by atoms with van der Waals surface area (Å²) in [5.74, 6) is 0.295. The van der Waals surface area contributed by atoms with Gasteiger partial charge in [0.05, 0.1) is 18.2 Å². The Bertz CT molecular complexity index is 1010. The van der Waals surface area contributed by atoms with Gasteiger partial charge in [-0.3, -0.25) is 4.79 Å². The Morgan fingerprint density at radius 1 is 1.10 bits per heavy atom. The molecule has 1 fully saturated rings. The van der Waals surface area contributed by atoms with E-state index in [-0.39, 0.29) is 12.5 Å². The number of alkyl halides is 3. The average Bonchev–Trinajstić information content (AvgIpc) is 3.42. The van der Waals surface area contributed by atoms with Crippen LogP contribution in [0.3, 0.4) is 0 Å². The lowest BCUT2D eigenvalue weighted by Gasteiger charge is -2.10. The third kappa shape index (κ3) is 4.53. The molecule has 1 heterocycles. The van der Waals surface area contributed by atoms with Crippen LogP contribution in [0.2, 0.25) is 0 Å². The van der Waals surface area contributed by atoms with Crippen LogP contribution in [-0.4, -0.2) is 32.7 Å². The fourth-order valence-corrected chi connectivity index (χ4v) is 2.85. The highest BCUT2D eigenvalue weighted by Gasteiger charge is 2.30. The zero-order valence-electron chi connectivity index (χ0n) is 15.1. The van der Waals surface area contributed by atoms with Gasteiger partial charge in [-0.05, 0) is 59.7 Å². The molecule has 0 radical (unpaired) electrons. The molecule has 2 aromatic carbocycles. The molecule has 7 nitrogen and oxygen atoms in total. The predicted octanol–water partition coefficient (Wildman–Crippen LogP) is 3.74. The van der Waals surface area contributed by atoms with E-state index in [1.54, 1.807) is 10.7 Å². The number of aromatic nitrogens is 4. The summed E-state index contributed by atoms with van der Waals surface area (Å²) in [6.07, 6.45) is -2.30. The summed E-state index contributed by atoms with van der Waals surface area (Å²) < 4.78 is 39.6. The van der Waals surface area contributed by atoms with Gasteiger partial charge in [0.1, 0.15) is 0 Å². The van der Waals surface area contributed by atoms with Crippen molar-refractivity contribution >= 4 is 17.3 Å². The predicted molar refractivity (Wildman–Crippen MR) is 100 cm³/mol. The molecule has 2 N–H and O–H groups in total. The molecule has 0 spiro atoms. The number of nitrogens with one attached hydrogen (secondary N) is 2. The zero-order chi connectivity index (χ0) is 20.4. The van der Waals surface area contributed by atoms with Gasteiger partial charge in [-0.25, -0.2) is 4.68 Å². The first-order valence-electron chi connectivity index (χ1n) is 8.99. The number of carbonyl (C=O) groups excluding carboxylic acids is 1. The molecule has 1 aromatic heterocycles. The fraction of sp³-hybridized carbons (Fsp3) is 0.263. The van der Waals surface area contributed by atoms with E-state index in [0.717, 1.165) is 30.5 Å². The van der Waals surface area contributed by atoms with E-state index in [0.29, 0.717) is 23.2 Å². The molecule has 0 unspecified atom stereocenters. The van der Waals surface area contributed by atoms with Gasteiger partial charge in [0.2, 0.25) is 5.91 Å². The summed E-state index contributed by atoms with van der Waals surface area (Å²) in [5, 5.41) is 17.4. The lowest BCUT2D eigenvalue weighted by atomic mass is 10.2. The SMILES string of the molecule is O=C(CNc1cccc(-c2nnnn2C2CC2)c1)Nc1ccc(C(F)(F)F)cc1. The second kappa shape index (κ2) is 7.53. The summed E-state index contributed by atoms with van der Waals surface area (Å²) in [7, 11) is 0. The van der Waals surface area contributed by atoms with E-state index < -0.39 is 11.7 Å². The summed E-state index contributed by atoms with van der Waals surface area (Å²) in [6, 6.07) is 12.0. The van der Waals surface area contributed by atoms with E-state index in [9.17, 15) is 18.0 Å². The number of rotatable bonds is 6. The van der Waals surface area contributed by atoms with Gasteiger partial charge in [-0.2, -0.15) is 13.2 Å². The lowest BCUT2D eigenvalue weighted by Crippen LogP contribution is -2.21. The van der Waals surface area contributed by atoms with Crippen LogP contribution in [0.25, 0.3) is 11.4 Å². The van der Waals surface area contributed by atoms with Gasteiger partial charge in [0, 0.05) is 16.9 Å². The summed E-state index contributed by atoms with van der Waals surface area (Å²) in [6.45, 7) is -0.0436. The largest absolute Gasteiger partial charge is 0.416 e. The lowest BCUT2D eigenvalue weighted by molar-refractivity contribution is -0.137. The second-order valence-electron chi connectivity index (χ2n) is 6.74. The Kier molecular flexibility index (Phi) is 4.91. The van der Waals surface area contributed by atoms with Crippen molar-refractivity contribution < 1.29 is 18.0 Å². The van der Waals surface area contributed by atoms with Crippen LogP contribution >= 0.6 is 0 Å². The van der Waals surface area contributed by atoms with Crippen LogP contribution in [0.4, 0.5) is 24.5 Å². The number of hydrogen-bond acceptors (Lipinski definition) is 5. The van der Waals surface area contributed by atoms with E-state index in [1.165, 1.54) is 12.1 Å². The number of amides is 1. The minimum absolute atomic E-state index is 0.0436. The van der Waals surface area contributed by atoms with E-state index >= 15 is 0 Å². The number of tetrazole rings is 1. The molecule has 1 aliphatic rings. The molecular formula is C19H17F3N6O. The van der Waals surface area contributed by atoms with Crippen LogP contribution in [0.5, 0.6) is 0 Å². The van der Waals surface area contributed by atoms with Crippen molar-refractivity contribution in [1.82, 2.24) is 20.2 Å². The first-order valence-corrected chi connectivity index (χ1v) is 8.99. The van der Waals surface area contributed by atoms with Gasteiger partial charge < -0.3 is 10.6 Å². The first kappa shape index (κ1) is 18.9. The highest BCUT2D eigenvalue weighted by atomic mass is 19.4. The van der Waals surface area contributed by atoms with E-state index in [2.05, 4.69) is 26.2 Å². The van der Waals surface area contributed by atoms with Crippen molar-refractivity contribution in [1.29, 1.82) is 0 Å². The molecule has 29 heavy (non-hydrogen) atoms. The first-order chi connectivity index (χ1) is 13.9. The minimum atomic E-state index is -4.41. The molecule has 0 atom stereocenters. The molecule has 0 bridgehead atoms. The smallest absolute Gasteiger partial charge is 0.376 e. The Labute approximate surface area is 163 Å². The molecule has 0 aliphatic heterocycles. The molecule has 1 saturated carbocycles. The second-order valence-corrected chi connectivity index (χ2v) is 6.74. The highest BCUT2D eigenvalue weighted by molar-refractivity contribution is 5.93. The fourth-order valence-electron chi connectivity index (χ4n) is 2.85. The Hall–Kier alpha value is -3.43. The van der Waals surface area contributed by atoms with Crippen molar-refractivity contribution in [2.45, 2.75) is 25.1 Å². The zero-order valence-corrected chi connectivity index (χ0v) is 15.1. The topological polar surface area (TPSA) is 84.7 Å². The van der Waals surface area contributed by atoms with Gasteiger partial charge >= 0.3 is 6.18 Å². The standard InChI is InChI=1S/C19H17F3N6O/c20-19(21,22)13-4-6-14(7-5-13)24-17(29)11-23-15-3-1-2-12(10-15)18-25-26-27-28(18)16-8-9-16/h1-7,10,16,23H,8-9,11H2,(H,24,29). The van der Waals surface area contributed by atoms with Crippen LogP contribution < -0.4 is 10.6 Å². The molecule has 1 amide bonds. The number of hydrogen-bond donors (Lipinski definition) is 2. The van der Waals surface area contributed by atoms with Crippen molar-refractivity contribution in [3.63, 3.8) is 0 Å². The number of carbonyl (C=O) groups is 1. The number of anilines is 2. The van der Waals surface area contributed by atoms with Crippen molar-refractivity contribution in [2.24, 2.45) is 0 Å². The summed E-state index contributed by atoms with van der Waals surface area (Å²) in [4.78, 5) is 12.1. The Balaban J connectivity index is 1.36. The quantitative estimate of drug-likeness (QED) is 0.656. The summed E-state index contributed by atoms with van der Waals surface area (Å²) >= 11 is 0. The van der Waals surface area contributed by atoms with Crippen molar-refractivity contribution in [3.8, 4) is 11.4 Å². The van der Waals surface area contributed by atoms with Crippen LogP contribution in [0.1, 0.15) is 24.4 Å². The maximum Gasteiger partial charge on any atom is 0.416 e. The monoisotopic (exact) mass is 402 g/mol. The number of nitrogens with zero attached hydrogens (tertiary/aromatic N) is 4. The third-order valence-electron chi connectivity index (χ3n) is 4.46. The van der Waals surface area contributed by atoms with Crippen LogP contribution in [0.15, 0.2) is 48.5 Å². The number of halogens is 3. The summed E-state index contributed by atoms with van der Waals surface area (Å²) in [5.41, 5.74) is 1.06. The maximum absolute atomic E-state index is 12.6. The molecule has 10 heteroatoms. The molecule has 150 valence electrons. The normalized spacial score (nSPS) is 13.9. The molecular weight excluding hydrogens is 385 g/mol. The maximum atomic E-state index is 12.6. The van der Waals surface area contributed by atoms with Gasteiger partial charge in [-0.15, -0.1) is 5.10 Å². The molecule has 0 saturated heterocycles. The molecule has 3 aromatic rings. The average molecular weight is 402 g/mol. The third-order valence-corrected chi connectivity index (χ3v) is 4.46. The minimum Gasteiger partial charge on any atom is -0.376 e. The van der Waals surface area contributed by atoms with Crippen molar-refractivity contribution in [3.05, 3.63) is 54.1 Å². The van der Waals surface area contributed by atoms with Gasteiger partial charge in [0.15, 0.2) is 5.82 Å².